The van der Waals surface area contributed by atoms with Crippen molar-refractivity contribution in [2.75, 3.05) is 44.6 Å². The highest BCUT2D eigenvalue weighted by atomic mass is 35.5. The number of hydrogen-bond donors (Lipinski definition) is 2. The first-order valence-corrected chi connectivity index (χ1v) is 7.04. The highest BCUT2D eigenvalue weighted by Gasteiger charge is 2.08. The van der Waals surface area contributed by atoms with E-state index in [1.54, 1.807) is 6.07 Å². The van der Waals surface area contributed by atoms with Crippen LogP contribution in [0.4, 0.5) is 5.69 Å². The first-order valence-electron chi connectivity index (χ1n) is 6.66. The van der Waals surface area contributed by atoms with Crippen molar-refractivity contribution in [3.63, 3.8) is 0 Å². The number of rotatable bonds is 5. The standard InChI is InChI=1S/C14H19ClN4/c15-14-10-13(3-2-12(14)11-16)18-4-1-7-19-8-5-17-6-9-19/h2-3,10,17-18H,1,4-9H2. The van der Waals surface area contributed by atoms with Crippen LogP contribution in [-0.2, 0) is 0 Å². The van der Waals surface area contributed by atoms with Crippen molar-refractivity contribution in [2.45, 2.75) is 6.42 Å². The van der Waals surface area contributed by atoms with Gasteiger partial charge in [-0.05, 0) is 31.2 Å². The number of nitriles is 1. The molecule has 4 nitrogen and oxygen atoms in total. The van der Waals surface area contributed by atoms with Crippen LogP contribution in [0.3, 0.4) is 0 Å². The Bertz CT molecular complexity index is 449. The van der Waals surface area contributed by atoms with E-state index in [1.165, 1.54) is 0 Å². The molecular weight excluding hydrogens is 260 g/mol. The van der Waals surface area contributed by atoms with Crippen molar-refractivity contribution in [3.05, 3.63) is 28.8 Å². The van der Waals surface area contributed by atoms with Crippen molar-refractivity contribution >= 4 is 17.3 Å². The number of anilines is 1. The molecule has 0 atom stereocenters. The van der Waals surface area contributed by atoms with Gasteiger partial charge in [0.2, 0.25) is 0 Å². The van der Waals surface area contributed by atoms with E-state index in [-0.39, 0.29) is 0 Å². The van der Waals surface area contributed by atoms with Crippen LogP contribution in [0.5, 0.6) is 0 Å². The Balaban J connectivity index is 1.70. The summed E-state index contributed by atoms with van der Waals surface area (Å²) >= 11 is 5.99. The number of piperazine rings is 1. The van der Waals surface area contributed by atoms with E-state index < -0.39 is 0 Å². The molecule has 1 aliphatic rings. The molecule has 1 aromatic rings. The lowest BCUT2D eigenvalue weighted by Crippen LogP contribution is -2.44. The fraction of sp³-hybridized carbons (Fsp3) is 0.500. The lowest BCUT2D eigenvalue weighted by molar-refractivity contribution is 0.240. The van der Waals surface area contributed by atoms with Gasteiger partial charge in [-0.25, -0.2) is 0 Å². The molecule has 102 valence electrons. The predicted octanol–water partition coefficient (Wildman–Crippen LogP) is 1.92. The first-order chi connectivity index (χ1) is 9.29. The minimum absolute atomic E-state index is 0.509. The van der Waals surface area contributed by atoms with Gasteiger partial charge in [-0.2, -0.15) is 5.26 Å². The summed E-state index contributed by atoms with van der Waals surface area (Å²) in [5.74, 6) is 0. The van der Waals surface area contributed by atoms with E-state index in [4.69, 9.17) is 16.9 Å². The second kappa shape index (κ2) is 7.34. The molecule has 1 fully saturated rings. The SMILES string of the molecule is N#Cc1ccc(NCCCN2CCNCC2)cc1Cl. The lowest BCUT2D eigenvalue weighted by Gasteiger charge is -2.27. The summed E-state index contributed by atoms with van der Waals surface area (Å²) in [7, 11) is 0. The third-order valence-corrected chi connectivity index (χ3v) is 3.59. The summed E-state index contributed by atoms with van der Waals surface area (Å²) in [5.41, 5.74) is 1.50. The number of halogens is 1. The molecule has 1 aliphatic heterocycles. The Morgan fingerprint density at radius 2 is 2.16 bits per heavy atom. The minimum Gasteiger partial charge on any atom is -0.385 e. The van der Waals surface area contributed by atoms with Crippen molar-refractivity contribution < 1.29 is 0 Å². The monoisotopic (exact) mass is 278 g/mol. The zero-order valence-electron chi connectivity index (χ0n) is 11.0. The van der Waals surface area contributed by atoms with Crippen LogP contribution in [0.15, 0.2) is 18.2 Å². The van der Waals surface area contributed by atoms with Crippen molar-refractivity contribution in [1.82, 2.24) is 10.2 Å². The molecule has 1 saturated heterocycles. The van der Waals surface area contributed by atoms with Crippen molar-refractivity contribution in [2.24, 2.45) is 0 Å². The van der Waals surface area contributed by atoms with E-state index in [2.05, 4.69) is 21.6 Å². The molecule has 0 bridgehead atoms. The van der Waals surface area contributed by atoms with Gasteiger partial charge in [0, 0.05) is 38.4 Å². The third-order valence-electron chi connectivity index (χ3n) is 3.28. The van der Waals surface area contributed by atoms with Crippen LogP contribution in [0.25, 0.3) is 0 Å². The highest BCUT2D eigenvalue weighted by Crippen LogP contribution is 2.20. The molecule has 0 saturated carbocycles. The van der Waals surface area contributed by atoms with Gasteiger partial charge < -0.3 is 15.5 Å². The largest absolute Gasteiger partial charge is 0.385 e. The van der Waals surface area contributed by atoms with Gasteiger partial charge >= 0.3 is 0 Å². The van der Waals surface area contributed by atoms with Crippen LogP contribution in [0, 0.1) is 11.3 Å². The number of hydrogen-bond acceptors (Lipinski definition) is 4. The van der Waals surface area contributed by atoms with E-state index >= 15 is 0 Å². The van der Waals surface area contributed by atoms with Gasteiger partial charge in [-0.1, -0.05) is 11.6 Å². The fourth-order valence-electron chi connectivity index (χ4n) is 2.19. The summed E-state index contributed by atoms with van der Waals surface area (Å²) in [6.07, 6.45) is 1.11. The normalized spacial score (nSPS) is 16.0. The molecule has 5 heteroatoms. The average molecular weight is 279 g/mol. The Labute approximate surface area is 119 Å². The average Bonchev–Trinajstić information content (AvgIpc) is 2.45. The highest BCUT2D eigenvalue weighted by molar-refractivity contribution is 6.32. The maximum absolute atomic E-state index is 8.80. The van der Waals surface area contributed by atoms with Crippen LogP contribution in [-0.4, -0.2) is 44.2 Å². The Kier molecular flexibility index (Phi) is 5.46. The fourth-order valence-corrected chi connectivity index (χ4v) is 2.41. The summed E-state index contributed by atoms with van der Waals surface area (Å²) in [6.45, 7) is 6.52. The topological polar surface area (TPSA) is 51.1 Å². The van der Waals surface area contributed by atoms with Crippen molar-refractivity contribution in [1.29, 1.82) is 5.26 Å². The summed E-state index contributed by atoms with van der Waals surface area (Å²) in [4.78, 5) is 2.48. The number of nitrogens with one attached hydrogen (secondary N) is 2. The molecular formula is C14H19ClN4. The molecule has 0 unspecified atom stereocenters. The van der Waals surface area contributed by atoms with Gasteiger partial charge in [0.15, 0.2) is 0 Å². The number of nitrogens with zero attached hydrogens (tertiary/aromatic N) is 2. The zero-order chi connectivity index (χ0) is 13.5. The van der Waals surface area contributed by atoms with E-state index in [0.29, 0.717) is 10.6 Å². The Hall–Kier alpha value is -1.28. The predicted molar refractivity (Wildman–Crippen MR) is 78.6 cm³/mol. The summed E-state index contributed by atoms with van der Waals surface area (Å²) in [5, 5.41) is 16.0. The maximum atomic E-state index is 8.80. The van der Waals surface area contributed by atoms with Gasteiger partial charge in [-0.3, -0.25) is 0 Å². The molecule has 0 aromatic heterocycles. The van der Waals surface area contributed by atoms with E-state index in [0.717, 1.165) is 51.4 Å². The van der Waals surface area contributed by atoms with Crippen LogP contribution >= 0.6 is 11.6 Å². The van der Waals surface area contributed by atoms with E-state index in [9.17, 15) is 0 Å². The van der Waals surface area contributed by atoms with Gasteiger partial charge in [0.05, 0.1) is 10.6 Å². The quantitative estimate of drug-likeness (QED) is 0.808. The first kappa shape index (κ1) is 14.1. The second-order valence-electron chi connectivity index (χ2n) is 4.68. The van der Waals surface area contributed by atoms with Crippen LogP contribution < -0.4 is 10.6 Å². The molecule has 1 heterocycles. The maximum Gasteiger partial charge on any atom is 0.101 e. The zero-order valence-corrected chi connectivity index (χ0v) is 11.7. The molecule has 2 N–H and O–H groups in total. The van der Waals surface area contributed by atoms with Crippen LogP contribution in [0.2, 0.25) is 5.02 Å². The molecule has 19 heavy (non-hydrogen) atoms. The van der Waals surface area contributed by atoms with Gasteiger partial charge in [0.25, 0.3) is 0 Å². The third kappa shape index (κ3) is 4.39. The number of benzene rings is 1. The van der Waals surface area contributed by atoms with Crippen LogP contribution in [0.1, 0.15) is 12.0 Å². The van der Waals surface area contributed by atoms with Crippen molar-refractivity contribution in [3.8, 4) is 6.07 Å². The van der Waals surface area contributed by atoms with Gasteiger partial charge in [0.1, 0.15) is 6.07 Å². The minimum atomic E-state index is 0.509. The molecule has 0 spiro atoms. The second-order valence-corrected chi connectivity index (χ2v) is 5.09. The molecule has 1 aromatic carbocycles. The summed E-state index contributed by atoms with van der Waals surface area (Å²) in [6, 6.07) is 7.52. The molecule has 0 aliphatic carbocycles. The lowest BCUT2D eigenvalue weighted by atomic mass is 10.2. The molecule has 2 rings (SSSR count). The smallest absolute Gasteiger partial charge is 0.101 e. The Morgan fingerprint density at radius 1 is 1.37 bits per heavy atom. The summed E-state index contributed by atoms with van der Waals surface area (Å²) < 4.78 is 0. The molecule has 0 amide bonds. The van der Waals surface area contributed by atoms with Gasteiger partial charge in [-0.15, -0.1) is 0 Å². The Morgan fingerprint density at radius 3 is 2.84 bits per heavy atom. The molecule has 0 radical (unpaired) electrons. The van der Waals surface area contributed by atoms with E-state index in [1.807, 2.05) is 12.1 Å².